The Morgan fingerprint density at radius 3 is 2.78 bits per heavy atom. The third-order valence-electron chi connectivity index (χ3n) is 2.71. The van der Waals surface area contributed by atoms with Crippen molar-refractivity contribution in [1.29, 1.82) is 0 Å². The molecular formula is C15H25NO2. The number of aliphatic hydroxyl groups excluding tert-OH is 1. The zero-order chi connectivity index (χ0) is 13.1. The van der Waals surface area contributed by atoms with Crippen LogP contribution >= 0.6 is 0 Å². The first-order valence-corrected chi connectivity index (χ1v) is 6.83. The molecule has 1 rings (SSSR count). The molecule has 0 heterocycles. The first-order valence-electron chi connectivity index (χ1n) is 6.83. The van der Waals surface area contributed by atoms with E-state index in [0.717, 1.165) is 25.8 Å². The predicted molar refractivity (Wildman–Crippen MR) is 74.7 cm³/mol. The van der Waals surface area contributed by atoms with E-state index in [1.54, 1.807) is 0 Å². The molecule has 0 bridgehead atoms. The average molecular weight is 251 g/mol. The Morgan fingerprint density at radius 1 is 1.28 bits per heavy atom. The van der Waals surface area contributed by atoms with Crippen LogP contribution in [0.2, 0.25) is 0 Å². The molecule has 0 spiro atoms. The molecule has 1 atom stereocenters. The number of aliphatic hydroxyl groups is 1. The molecule has 3 nitrogen and oxygen atoms in total. The number of aryl methyl sites for hydroxylation is 1. The maximum Gasteiger partial charge on any atom is 0.0897 e. The van der Waals surface area contributed by atoms with Crippen molar-refractivity contribution in [3.05, 3.63) is 35.9 Å². The highest BCUT2D eigenvalue weighted by Crippen LogP contribution is 2.02. The Bertz CT molecular complexity index is 290. The lowest BCUT2D eigenvalue weighted by molar-refractivity contribution is 0.0363. The molecule has 1 aromatic rings. The van der Waals surface area contributed by atoms with Crippen LogP contribution in [0, 0.1) is 0 Å². The second kappa shape index (κ2) is 10.1. The number of nitrogens with one attached hydrogen (secondary N) is 1. The van der Waals surface area contributed by atoms with Crippen molar-refractivity contribution in [3.63, 3.8) is 0 Å². The van der Waals surface area contributed by atoms with Crippen LogP contribution in [0.1, 0.15) is 25.3 Å². The van der Waals surface area contributed by atoms with Gasteiger partial charge in [0, 0.05) is 13.2 Å². The molecule has 0 aliphatic heterocycles. The third-order valence-corrected chi connectivity index (χ3v) is 2.71. The van der Waals surface area contributed by atoms with E-state index in [4.69, 9.17) is 4.74 Å². The van der Waals surface area contributed by atoms with Gasteiger partial charge in [-0.25, -0.2) is 0 Å². The lowest BCUT2D eigenvalue weighted by Crippen LogP contribution is -2.30. The molecule has 18 heavy (non-hydrogen) atoms. The van der Waals surface area contributed by atoms with Crippen LogP contribution in [0.3, 0.4) is 0 Å². The molecule has 0 saturated carbocycles. The highest BCUT2D eigenvalue weighted by molar-refractivity contribution is 5.14. The number of benzene rings is 1. The summed E-state index contributed by atoms with van der Waals surface area (Å²) in [5.41, 5.74) is 1.34. The minimum atomic E-state index is -0.395. The van der Waals surface area contributed by atoms with Gasteiger partial charge in [0.25, 0.3) is 0 Å². The van der Waals surface area contributed by atoms with E-state index in [1.165, 1.54) is 5.56 Å². The van der Waals surface area contributed by atoms with Crippen LogP contribution in [0.5, 0.6) is 0 Å². The topological polar surface area (TPSA) is 41.5 Å². The molecular weight excluding hydrogens is 226 g/mol. The minimum Gasteiger partial charge on any atom is -0.389 e. The molecule has 2 N–H and O–H groups in total. The Kier molecular flexibility index (Phi) is 8.47. The van der Waals surface area contributed by atoms with Gasteiger partial charge in [-0.15, -0.1) is 0 Å². The second-order valence-corrected chi connectivity index (χ2v) is 4.52. The summed E-state index contributed by atoms with van der Waals surface area (Å²) in [7, 11) is 0. The summed E-state index contributed by atoms with van der Waals surface area (Å²) in [4.78, 5) is 0. The smallest absolute Gasteiger partial charge is 0.0897 e. The summed E-state index contributed by atoms with van der Waals surface area (Å²) >= 11 is 0. The van der Waals surface area contributed by atoms with Crippen LogP contribution in [0.25, 0.3) is 0 Å². The first kappa shape index (κ1) is 15.2. The summed E-state index contributed by atoms with van der Waals surface area (Å²) in [6.07, 6.45) is 2.72. The molecule has 0 saturated heterocycles. The minimum absolute atomic E-state index is 0.395. The summed E-state index contributed by atoms with van der Waals surface area (Å²) < 4.78 is 5.46. The quantitative estimate of drug-likeness (QED) is 0.625. The Balaban J connectivity index is 1.95. The van der Waals surface area contributed by atoms with Gasteiger partial charge in [0.15, 0.2) is 0 Å². The number of rotatable bonds is 10. The van der Waals surface area contributed by atoms with Gasteiger partial charge in [0.05, 0.1) is 12.7 Å². The van der Waals surface area contributed by atoms with Crippen LogP contribution in [-0.4, -0.2) is 37.5 Å². The maximum atomic E-state index is 9.60. The first-order chi connectivity index (χ1) is 8.83. The molecule has 0 amide bonds. The monoisotopic (exact) mass is 251 g/mol. The molecule has 0 radical (unpaired) electrons. The van der Waals surface area contributed by atoms with E-state index in [1.807, 2.05) is 6.07 Å². The normalized spacial score (nSPS) is 12.6. The van der Waals surface area contributed by atoms with Crippen LogP contribution in [-0.2, 0) is 11.2 Å². The zero-order valence-electron chi connectivity index (χ0n) is 11.3. The Hall–Kier alpha value is -0.900. The predicted octanol–water partition coefficient (Wildman–Crippen LogP) is 2.00. The van der Waals surface area contributed by atoms with Crippen molar-refractivity contribution in [1.82, 2.24) is 5.32 Å². The largest absolute Gasteiger partial charge is 0.389 e. The standard InChI is InChI=1S/C15H25NO2/c1-2-10-16-12-15(17)13-18-11-6-9-14-7-4-3-5-8-14/h3-5,7-8,15-17H,2,6,9-13H2,1H3. The molecule has 3 heteroatoms. The van der Waals surface area contributed by atoms with Crippen LogP contribution in [0.15, 0.2) is 30.3 Å². The number of hydrogen-bond donors (Lipinski definition) is 2. The molecule has 0 aliphatic carbocycles. The van der Waals surface area contributed by atoms with Gasteiger partial charge < -0.3 is 15.2 Å². The lowest BCUT2D eigenvalue weighted by Gasteiger charge is -2.11. The molecule has 0 aromatic heterocycles. The number of ether oxygens (including phenoxy) is 1. The van der Waals surface area contributed by atoms with Gasteiger partial charge in [-0.1, -0.05) is 37.3 Å². The van der Waals surface area contributed by atoms with Gasteiger partial charge in [0.2, 0.25) is 0 Å². The molecule has 1 unspecified atom stereocenters. The van der Waals surface area contributed by atoms with Gasteiger partial charge in [-0.3, -0.25) is 0 Å². The van der Waals surface area contributed by atoms with E-state index in [2.05, 4.69) is 36.5 Å². The van der Waals surface area contributed by atoms with Crippen molar-refractivity contribution in [2.75, 3.05) is 26.3 Å². The Labute approximate surface area is 110 Å². The van der Waals surface area contributed by atoms with E-state index in [-0.39, 0.29) is 0 Å². The van der Waals surface area contributed by atoms with E-state index < -0.39 is 6.10 Å². The summed E-state index contributed by atoms with van der Waals surface area (Å²) in [5, 5.41) is 12.8. The molecule has 0 aliphatic rings. The zero-order valence-corrected chi connectivity index (χ0v) is 11.3. The fourth-order valence-electron chi connectivity index (χ4n) is 1.75. The van der Waals surface area contributed by atoms with Gasteiger partial charge in [-0.05, 0) is 31.4 Å². The average Bonchev–Trinajstić information content (AvgIpc) is 2.40. The van der Waals surface area contributed by atoms with Gasteiger partial charge in [-0.2, -0.15) is 0 Å². The molecule has 1 aromatic carbocycles. The van der Waals surface area contributed by atoms with Crippen molar-refractivity contribution in [3.8, 4) is 0 Å². The van der Waals surface area contributed by atoms with Crippen LogP contribution in [0.4, 0.5) is 0 Å². The Morgan fingerprint density at radius 2 is 2.06 bits per heavy atom. The molecule has 102 valence electrons. The SMILES string of the molecule is CCCNCC(O)COCCCc1ccccc1. The summed E-state index contributed by atoms with van der Waals surface area (Å²) in [6, 6.07) is 10.4. The van der Waals surface area contributed by atoms with Crippen molar-refractivity contribution in [2.45, 2.75) is 32.3 Å². The van der Waals surface area contributed by atoms with E-state index >= 15 is 0 Å². The highest BCUT2D eigenvalue weighted by atomic mass is 16.5. The summed E-state index contributed by atoms with van der Waals surface area (Å²) in [5.74, 6) is 0. The van der Waals surface area contributed by atoms with E-state index in [0.29, 0.717) is 19.8 Å². The van der Waals surface area contributed by atoms with Crippen LogP contribution < -0.4 is 5.32 Å². The molecule has 0 fully saturated rings. The second-order valence-electron chi connectivity index (χ2n) is 4.52. The highest BCUT2D eigenvalue weighted by Gasteiger charge is 2.02. The lowest BCUT2D eigenvalue weighted by atomic mass is 10.1. The van der Waals surface area contributed by atoms with Crippen molar-refractivity contribution < 1.29 is 9.84 Å². The van der Waals surface area contributed by atoms with Gasteiger partial charge in [0.1, 0.15) is 0 Å². The van der Waals surface area contributed by atoms with Crippen molar-refractivity contribution >= 4 is 0 Å². The third kappa shape index (κ3) is 7.43. The number of hydrogen-bond acceptors (Lipinski definition) is 3. The van der Waals surface area contributed by atoms with Gasteiger partial charge >= 0.3 is 0 Å². The fourth-order valence-corrected chi connectivity index (χ4v) is 1.75. The summed E-state index contributed by atoms with van der Waals surface area (Å²) in [6.45, 7) is 4.81. The van der Waals surface area contributed by atoms with E-state index in [9.17, 15) is 5.11 Å². The maximum absolute atomic E-state index is 9.60. The van der Waals surface area contributed by atoms with Crippen molar-refractivity contribution in [2.24, 2.45) is 0 Å². The fraction of sp³-hybridized carbons (Fsp3) is 0.600.